The molecule has 0 bridgehead atoms. The lowest BCUT2D eigenvalue weighted by Gasteiger charge is -2.22. The summed E-state index contributed by atoms with van der Waals surface area (Å²) in [5, 5.41) is 27.2. The van der Waals surface area contributed by atoms with Gasteiger partial charge in [0, 0.05) is 43.5 Å². The van der Waals surface area contributed by atoms with Crippen LogP contribution in [0.4, 0.5) is 0 Å². The number of methoxy groups -OCH3 is 1. The van der Waals surface area contributed by atoms with Crippen molar-refractivity contribution >= 4 is 11.5 Å². The fraction of sp³-hybridized carbons (Fsp3) is 0.333. The van der Waals surface area contributed by atoms with Gasteiger partial charge < -0.3 is 19.9 Å². The summed E-state index contributed by atoms with van der Waals surface area (Å²) in [5.41, 5.74) is 2.03. The van der Waals surface area contributed by atoms with Crippen LogP contribution in [0.25, 0.3) is 11.4 Å². The molecule has 0 spiro atoms. The van der Waals surface area contributed by atoms with E-state index in [0.29, 0.717) is 52.7 Å². The number of ether oxygens (including phenoxy) is 2. The number of hydrogen-bond donors (Lipinski definition) is 2. The van der Waals surface area contributed by atoms with Crippen LogP contribution >= 0.6 is 0 Å². The van der Waals surface area contributed by atoms with Crippen molar-refractivity contribution < 1.29 is 19.4 Å². The van der Waals surface area contributed by atoms with Gasteiger partial charge in [0.1, 0.15) is 5.76 Å². The van der Waals surface area contributed by atoms with Gasteiger partial charge in [-0.1, -0.05) is 6.08 Å². The number of amides is 1. The van der Waals surface area contributed by atoms with E-state index in [1.54, 1.807) is 37.5 Å². The van der Waals surface area contributed by atoms with Gasteiger partial charge in [-0.25, -0.2) is 4.98 Å². The predicted octanol–water partition coefficient (Wildman–Crippen LogP) is 2.90. The third-order valence-electron chi connectivity index (χ3n) is 5.77. The maximum atomic E-state index is 12.5. The number of aromatic nitrogens is 3. The number of nitrogens with zero attached hydrogens (tertiary/aromatic N) is 4. The Morgan fingerprint density at radius 1 is 1.33 bits per heavy atom. The third-order valence-corrected chi connectivity index (χ3v) is 5.77. The molecule has 170 valence electrons. The van der Waals surface area contributed by atoms with Crippen molar-refractivity contribution in [3.8, 4) is 17.8 Å². The van der Waals surface area contributed by atoms with Gasteiger partial charge in [0.15, 0.2) is 5.82 Å². The van der Waals surface area contributed by atoms with E-state index in [-0.39, 0.29) is 11.8 Å². The molecule has 0 saturated carbocycles. The number of carbonyl (C=O) groups excluding carboxylic acids is 1. The zero-order chi connectivity index (χ0) is 23.2. The van der Waals surface area contributed by atoms with Crippen LogP contribution in [0.1, 0.15) is 35.2 Å². The molecule has 4 rings (SSSR count). The average molecular weight is 447 g/mol. The summed E-state index contributed by atoms with van der Waals surface area (Å²) in [6.07, 6.45) is 10.4. The summed E-state index contributed by atoms with van der Waals surface area (Å²) in [6, 6.07) is 5.39. The highest BCUT2D eigenvalue weighted by molar-refractivity contribution is 5.94. The van der Waals surface area contributed by atoms with Crippen LogP contribution in [0, 0.1) is 17.2 Å². The van der Waals surface area contributed by atoms with E-state index in [0.717, 1.165) is 26.1 Å². The minimum absolute atomic E-state index is 0.117. The van der Waals surface area contributed by atoms with Gasteiger partial charge in [0.25, 0.3) is 5.91 Å². The number of rotatable bonds is 6. The van der Waals surface area contributed by atoms with E-state index in [4.69, 9.17) is 14.7 Å². The smallest absolute Gasteiger partial charge is 0.252 e. The van der Waals surface area contributed by atoms with Gasteiger partial charge in [-0.05, 0) is 43.0 Å². The Bertz CT molecular complexity index is 1150. The maximum Gasteiger partial charge on any atom is 0.252 e. The SMILES string of the molecule is COC1=C(c2cnn(-c3ccc(C(=O)NCC4CCOCC4)cn3)c2O)C=CC(C#N)=CC1. The highest BCUT2D eigenvalue weighted by Crippen LogP contribution is 2.33. The lowest BCUT2D eigenvalue weighted by molar-refractivity contribution is 0.0642. The quantitative estimate of drug-likeness (QED) is 0.698. The second kappa shape index (κ2) is 10.1. The fourth-order valence-corrected chi connectivity index (χ4v) is 3.80. The van der Waals surface area contributed by atoms with Crippen molar-refractivity contribution in [1.82, 2.24) is 20.1 Å². The van der Waals surface area contributed by atoms with Crippen LogP contribution in [0.5, 0.6) is 5.88 Å². The molecule has 0 atom stereocenters. The summed E-state index contributed by atoms with van der Waals surface area (Å²) in [5.74, 6) is 1.10. The summed E-state index contributed by atoms with van der Waals surface area (Å²) in [7, 11) is 1.54. The van der Waals surface area contributed by atoms with Gasteiger partial charge in [-0.3, -0.25) is 4.79 Å². The van der Waals surface area contributed by atoms with Crippen LogP contribution in [0.3, 0.4) is 0 Å². The molecule has 1 saturated heterocycles. The van der Waals surface area contributed by atoms with Gasteiger partial charge in [0.2, 0.25) is 5.88 Å². The molecule has 1 amide bonds. The molecule has 2 N–H and O–H groups in total. The molecule has 9 heteroatoms. The summed E-state index contributed by atoms with van der Waals surface area (Å²) in [4.78, 5) is 16.8. The first kappa shape index (κ1) is 22.3. The average Bonchev–Trinajstić information content (AvgIpc) is 3.11. The summed E-state index contributed by atoms with van der Waals surface area (Å²) < 4.78 is 12.1. The molecule has 1 aliphatic heterocycles. The van der Waals surface area contributed by atoms with Gasteiger partial charge >= 0.3 is 0 Å². The van der Waals surface area contributed by atoms with Crippen molar-refractivity contribution in [3.05, 3.63) is 65.2 Å². The number of aromatic hydroxyl groups is 1. The number of carbonyl (C=O) groups is 1. The first-order valence-electron chi connectivity index (χ1n) is 10.8. The number of hydrogen-bond acceptors (Lipinski definition) is 7. The van der Waals surface area contributed by atoms with E-state index in [1.807, 2.05) is 0 Å². The molecule has 0 radical (unpaired) electrons. The Morgan fingerprint density at radius 2 is 2.15 bits per heavy atom. The zero-order valence-electron chi connectivity index (χ0n) is 18.3. The molecule has 2 aromatic heterocycles. The van der Waals surface area contributed by atoms with Crippen molar-refractivity contribution in [2.75, 3.05) is 26.9 Å². The van der Waals surface area contributed by atoms with E-state index in [2.05, 4.69) is 21.5 Å². The molecule has 1 aliphatic carbocycles. The topological polar surface area (TPSA) is 122 Å². The molecular formula is C24H25N5O4. The molecule has 1 fully saturated rings. The molecule has 33 heavy (non-hydrogen) atoms. The number of nitrogens with one attached hydrogen (secondary N) is 1. The Labute approximate surface area is 191 Å². The van der Waals surface area contributed by atoms with Crippen molar-refractivity contribution in [2.24, 2.45) is 5.92 Å². The van der Waals surface area contributed by atoms with E-state index >= 15 is 0 Å². The number of nitriles is 1. The molecule has 0 unspecified atom stereocenters. The lowest BCUT2D eigenvalue weighted by Crippen LogP contribution is -2.32. The van der Waals surface area contributed by atoms with Crippen molar-refractivity contribution in [1.29, 1.82) is 5.26 Å². The number of pyridine rings is 1. The summed E-state index contributed by atoms with van der Waals surface area (Å²) >= 11 is 0. The molecular weight excluding hydrogens is 422 g/mol. The molecule has 2 aliphatic rings. The minimum atomic E-state index is -0.190. The number of allylic oxidation sites excluding steroid dienone is 5. The highest BCUT2D eigenvalue weighted by Gasteiger charge is 2.20. The Morgan fingerprint density at radius 3 is 2.85 bits per heavy atom. The second-order valence-electron chi connectivity index (χ2n) is 7.81. The molecule has 0 aromatic carbocycles. The summed E-state index contributed by atoms with van der Waals surface area (Å²) in [6.45, 7) is 2.08. The maximum absolute atomic E-state index is 12.5. The van der Waals surface area contributed by atoms with Crippen LogP contribution in [-0.2, 0) is 9.47 Å². The Hall–Kier alpha value is -3.90. The van der Waals surface area contributed by atoms with Gasteiger partial charge in [-0.15, -0.1) is 0 Å². The first-order chi connectivity index (χ1) is 16.1. The van der Waals surface area contributed by atoms with E-state index < -0.39 is 0 Å². The van der Waals surface area contributed by atoms with Crippen LogP contribution in [0.2, 0.25) is 0 Å². The monoisotopic (exact) mass is 447 g/mol. The lowest BCUT2D eigenvalue weighted by atomic mass is 10.0. The van der Waals surface area contributed by atoms with Gasteiger partial charge in [0.05, 0.1) is 30.5 Å². The van der Waals surface area contributed by atoms with E-state index in [1.165, 1.54) is 17.1 Å². The second-order valence-corrected chi connectivity index (χ2v) is 7.81. The highest BCUT2D eigenvalue weighted by atomic mass is 16.5. The molecule has 2 aromatic rings. The third kappa shape index (κ3) is 4.96. The van der Waals surface area contributed by atoms with Crippen LogP contribution in [-0.4, -0.2) is 52.6 Å². The normalized spacial score (nSPS) is 16.7. The predicted molar refractivity (Wildman–Crippen MR) is 120 cm³/mol. The molecule has 9 nitrogen and oxygen atoms in total. The van der Waals surface area contributed by atoms with Crippen LogP contribution < -0.4 is 5.32 Å². The van der Waals surface area contributed by atoms with Gasteiger partial charge in [-0.2, -0.15) is 15.0 Å². The fourth-order valence-electron chi connectivity index (χ4n) is 3.80. The van der Waals surface area contributed by atoms with Crippen molar-refractivity contribution in [3.63, 3.8) is 0 Å². The van der Waals surface area contributed by atoms with Crippen LogP contribution in [0.15, 0.2) is 54.1 Å². The van der Waals surface area contributed by atoms with E-state index in [9.17, 15) is 9.90 Å². The molecule has 3 heterocycles. The minimum Gasteiger partial charge on any atom is -0.500 e. The largest absolute Gasteiger partial charge is 0.500 e. The Kier molecular flexibility index (Phi) is 6.86. The zero-order valence-corrected chi connectivity index (χ0v) is 18.3. The standard InChI is InChI=1S/C24H25N5O4/c1-32-21-6-3-16(12-25)2-5-19(21)20-15-28-29(24(20)31)22-7-4-18(14-26-22)23(30)27-13-17-8-10-33-11-9-17/h2-5,7,14-15,17,31H,6,8-11,13H2,1H3,(H,27,30). The van der Waals surface area contributed by atoms with Crippen molar-refractivity contribution in [2.45, 2.75) is 19.3 Å². The Balaban J connectivity index is 1.50. The first-order valence-corrected chi connectivity index (χ1v) is 10.8.